The maximum atomic E-state index is 12.5. The van der Waals surface area contributed by atoms with E-state index < -0.39 is 5.54 Å². The maximum Gasteiger partial charge on any atom is 0.327 e. The van der Waals surface area contributed by atoms with Crippen molar-refractivity contribution in [1.29, 1.82) is 0 Å². The second-order valence-corrected chi connectivity index (χ2v) is 6.74. The van der Waals surface area contributed by atoms with Crippen molar-refractivity contribution in [3.8, 4) is 0 Å². The van der Waals surface area contributed by atoms with Gasteiger partial charge in [0.15, 0.2) is 0 Å². The van der Waals surface area contributed by atoms with E-state index in [0.29, 0.717) is 12.0 Å². The van der Waals surface area contributed by atoms with Gasteiger partial charge in [0, 0.05) is 38.8 Å². The molecule has 0 bridgehead atoms. The molecule has 0 amide bonds. The van der Waals surface area contributed by atoms with Gasteiger partial charge in [-0.25, -0.2) is 4.79 Å². The van der Waals surface area contributed by atoms with Crippen molar-refractivity contribution in [2.45, 2.75) is 37.3 Å². The molecule has 5 heteroatoms. The zero-order valence-electron chi connectivity index (χ0n) is 12.7. The summed E-state index contributed by atoms with van der Waals surface area (Å²) in [5.41, 5.74) is -0.453. The number of methoxy groups -OCH3 is 1. The van der Waals surface area contributed by atoms with E-state index in [4.69, 9.17) is 4.74 Å². The number of piperazine rings is 1. The number of nitrogens with one attached hydrogen (secondary N) is 1. The normalized spacial score (nSPS) is 28.1. The molecule has 20 heavy (non-hydrogen) atoms. The van der Waals surface area contributed by atoms with Gasteiger partial charge in [0.25, 0.3) is 0 Å². The van der Waals surface area contributed by atoms with Gasteiger partial charge in [0.1, 0.15) is 5.54 Å². The first kappa shape index (κ1) is 14.3. The number of rotatable bonds is 6. The van der Waals surface area contributed by atoms with Crippen LogP contribution >= 0.6 is 0 Å². The summed E-state index contributed by atoms with van der Waals surface area (Å²) >= 11 is 0. The van der Waals surface area contributed by atoms with Crippen LogP contribution in [0.3, 0.4) is 0 Å². The molecule has 3 rings (SSSR count). The Hall–Kier alpha value is -0.650. The SMILES string of the molecule is COC(=O)C(CN1CCN(C)CC1)(NC1CC1)C1CC1. The zero-order valence-corrected chi connectivity index (χ0v) is 12.7. The predicted molar refractivity (Wildman–Crippen MR) is 77.6 cm³/mol. The molecular formula is C15H27N3O2. The van der Waals surface area contributed by atoms with Gasteiger partial charge in [0.2, 0.25) is 0 Å². The Balaban J connectivity index is 1.71. The lowest BCUT2D eigenvalue weighted by atomic mass is 9.91. The average Bonchev–Trinajstić information content (AvgIpc) is 3.31. The van der Waals surface area contributed by atoms with Crippen LogP contribution in [-0.2, 0) is 9.53 Å². The quantitative estimate of drug-likeness (QED) is 0.710. The Bertz CT molecular complexity index is 360. The van der Waals surface area contributed by atoms with Crippen molar-refractivity contribution in [2.24, 2.45) is 5.92 Å². The minimum atomic E-state index is -0.453. The van der Waals surface area contributed by atoms with Crippen LogP contribution in [0.1, 0.15) is 25.7 Å². The Labute approximate surface area is 121 Å². The molecule has 1 heterocycles. The zero-order chi connectivity index (χ0) is 14.2. The molecule has 1 unspecified atom stereocenters. The van der Waals surface area contributed by atoms with E-state index in [-0.39, 0.29) is 5.97 Å². The molecule has 114 valence electrons. The largest absolute Gasteiger partial charge is 0.468 e. The van der Waals surface area contributed by atoms with Gasteiger partial charge in [0.05, 0.1) is 7.11 Å². The number of carbonyl (C=O) groups is 1. The third-order valence-corrected chi connectivity index (χ3v) is 4.93. The Morgan fingerprint density at radius 3 is 2.35 bits per heavy atom. The summed E-state index contributed by atoms with van der Waals surface area (Å²) in [5, 5.41) is 3.65. The lowest BCUT2D eigenvalue weighted by Crippen LogP contribution is -2.63. The van der Waals surface area contributed by atoms with Gasteiger partial charge < -0.3 is 9.64 Å². The molecule has 1 saturated heterocycles. The van der Waals surface area contributed by atoms with E-state index in [0.717, 1.165) is 45.6 Å². The first-order valence-corrected chi connectivity index (χ1v) is 7.91. The van der Waals surface area contributed by atoms with Crippen LogP contribution in [0.5, 0.6) is 0 Å². The van der Waals surface area contributed by atoms with Crippen molar-refractivity contribution in [3.63, 3.8) is 0 Å². The molecule has 1 atom stereocenters. The van der Waals surface area contributed by atoms with Crippen LogP contribution < -0.4 is 5.32 Å². The number of carbonyl (C=O) groups excluding carboxylic acids is 1. The maximum absolute atomic E-state index is 12.5. The molecule has 2 saturated carbocycles. The molecule has 5 nitrogen and oxygen atoms in total. The standard InChI is InChI=1S/C15H27N3O2/c1-17-7-9-18(10-8-17)11-15(12-3-4-12,14(19)20-2)16-13-5-6-13/h12-13,16H,3-11H2,1-2H3. The highest BCUT2D eigenvalue weighted by atomic mass is 16.5. The van der Waals surface area contributed by atoms with E-state index >= 15 is 0 Å². The fraction of sp³-hybridized carbons (Fsp3) is 0.933. The van der Waals surface area contributed by atoms with Gasteiger partial charge in [-0.3, -0.25) is 10.2 Å². The van der Waals surface area contributed by atoms with Gasteiger partial charge in [-0.1, -0.05) is 0 Å². The lowest BCUT2D eigenvalue weighted by molar-refractivity contribution is -0.151. The number of esters is 1. The fourth-order valence-corrected chi connectivity index (χ4v) is 3.29. The van der Waals surface area contributed by atoms with Gasteiger partial charge in [-0.05, 0) is 38.6 Å². The molecular weight excluding hydrogens is 254 g/mol. The lowest BCUT2D eigenvalue weighted by Gasteiger charge is -2.40. The number of hydrogen-bond donors (Lipinski definition) is 1. The number of likely N-dealkylation sites (N-methyl/N-ethyl adjacent to an activating group) is 1. The second-order valence-electron chi connectivity index (χ2n) is 6.74. The molecule has 1 aliphatic heterocycles. The second kappa shape index (κ2) is 5.62. The van der Waals surface area contributed by atoms with E-state index in [1.54, 1.807) is 0 Å². The highest BCUT2D eigenvalue weighted by Crippen LogP contribution is 2.43. The Kier molecular flexibility index (Phi) is 4.02. The molecule has 1 N–H and O–H groups in total. The van der Waals surface area contributed by atoms with Crippen molar-refractivity contribution in [1.82, 2.24) is 15.1 Å². The summed E-state index contributed by atoms with van der Waals surface area (Å²) in [6, 6.07) is 0.530. The van der Waals surface area contributed by atoms with E-state index in [9.17, 15) is 4.79 Å². The molecule has 0 aromatic carbocycles. The van der Waals surface area contributed by atoms with Gasteiger partial charge in [-0.2, -0.15) is 0 Å². The first-order chi connectivity index (χ1) is 9.64. The molecule has 0 spiro atoms. The first-order valence-electron chi connectivity index (χ1n) is 7.91. The fourth-order valence-electron chi connectivity index (χ4n) is 3.29. The molecule has 3 aliphatic rings. The van der Waals surface area contributed by atoms with Crippen LogP contribution in [0.15, 0.2) is 0 Å². The summed E-state index contributed by atoms with van der Waals surface area (Å²) in [7, 11) is 3.69. The number of hydrogen-bond acceptors (Lipinski definition) is 5. The van der Waals surface area contributed by atoms with Crippen LogP contribution in [0, 0.1) is 5.92 Å². The predicted octanol–water partition coefficient (Wildman–Crippen LogP) is 0.308. The topological polar surface area (TPSA) is 44.8 Å². The highest BCUT2D eigenvalue weighted by Gasteiger charge is 2.54. The van der Waals surface area contributed by atoms with Gasteiger partial charge >= 0.3 is 5.97 Å². The van der Waals surface area contributed by atoms with Crippen molar-refractivity contribution >= 4 is 5.97 Å². The summed E-state index contributed by atoms with van der Waals surface area (Å²) in [4.78, 5) is 17.3. The van der Waals surface area contributed by atoms with Crippen LogP contribution in [-0.4, -0.2) is 74.2 Å². The summed E-state index contributed by atoms with van der Waals surface area (Å²) in [6.45, 7) is 5.09. The number of ether oxygens (including phenoxy) is 1. The molecule has 2 aliphatic carbocycles. The van der Waals surface area contributed by atoms with Crippen molar-refractivity contribution < 1.29 is 9.53 Å². The Morgan fingerprint density at radius 2 is 1.85 bits per heavy atom. The number of nitrogens with zero attached hydrogens (tertiary/aromatic N) is 2. The minimum absolute atomic E-state index is 0.0502. The third kappa shape index (κ3) is 3.00. The summed E-state index contributed by atoms with van der Waals surface area (Å²) in [5.74, 6) is 0.418. The molecule has 0 aromatic rings. The van der Waals surface area contributed by atoms with E-state index in [2.05, 4.69) is 22.2 Å². The monoisotopic (exact) mass is 281 g/mol. The summed E-state index contributed by atoms with van der Waals surface area (Å²) in [6.07, 6.45) is 4.72. The molecule has 0 aromatic heterocycles. The smallest absolute Gasteiger partial charge is 0.327 e. The van der Waals surface area contributed by atoms with Crippen molar-refractivity contribution in [2.75, 3.05) is 46.9 Å². The summed E-state index contributed by atoms with van der Waals surface area (Å²) < 4.78 is 5.17. The Morgan fingerprint density at radius 1 is 1.20 bits per heavy atom. The van der Waals surface area contributed by atoms with E-state index in [1.807, 2.05) is 0 Å². The highest BCUT2D eigenvalue weighted by molar-refractivity contribution is 5.82. The van der Waals surface area contributed by atoms with Crippen molar-refractivity contribution in [3.05, 3.63) is 0 Å². The minimum Gasteiger partial charge on any atom is -0.468 e. The van der Waals surface area contributed by atoms with Crippen LogP contribution in [0.4, 0.5) is 0 Å². The van der Waals surface area contributed by atoms with Gasteiger partial charge in [-0.15, -0.1) is 0 Å². The van der Waals surface area contributed by atoms with Crippen LogP contribution in [0.25, 0.3) is 0 Å². The molecule has 0 radical (unpaired) electrons. The van der Waals surface area contributed by atoms with Crippen LogP contribution in [0.2, 0.25) is 0 Å². The average molecular weight is 281 g/mol. The third-order valence-electron chi connectivity index (χ3n) is 4.93. The molecule has 3 fully saturated rings. The van der Waals surface area contributed by atoms with E-state index in [1.165, 1.54) is 20.0 Å².